The van der Waals surface area contributed by atoms with Gasteiger partial charge < -0.3 is 20.7 Å². The number of benzene rings is 2. The van der Waals surface area contributed by atoms with Crippen molar-refractivity contribution in [2.75, 3.05) is 26.0 Å². The molecule has 0 bridgehead atoms. The number of nitrogens with zero attached hydrogens (tertiary/aromatic N) is 1. The number of hydrogen-bond acceptors (Lipinski definition) is 3. The molecule has 0 saturated heterocycles. The van der Waals surface area contributed by atoms with Gasteiger partial charge in [0.25, 0.3) is 0 Å². The Hall–Kier alpha value is -2.54. The lowest BCUT2D eigenvalue weighted by Crippen LogP contribution is -2.38. The Morgan fingerprint density at radius 2 is 1.89 bits per heavy atom. The van der Waals surface area contributed by atoms with Crippen LogP contribution in [-0.4, -0.2) is 32.6 Å². The van der Waals surface area contributed by atoms with E-state index in [-0.39, 0.29) is 5.91 Å². The molecule has 0 aliphatic carbocycles. The third-order valence-electron chi connectivity index (χ3n) is 3.96. The highest BCUT2D eigenvalue weighted by atomic mass is 79.9. The average Bonchev–Trinajstić information content (AvgIpc) is 2.67. The molecule has 0 unspecified atom stereocenters. The molecule has 3 N–H and O–H groups in total. The number of aryl methyl sites for hydroxylation is 1. The van der Waals surface area contributed by atoms with Crippen molar-refractivity contribution in [3.63, 3.8) is 0 Å². The number of methoxy groups -OCH3 is 1. The molecule has 27 heavy (non-hydrogen) atoms. The van der Waals surface area contributed by atoms with Crippen molar-refractivity contribution in [3.8, 4) is 5.75 Å². The topological polar surface area (TPSA) is 74.8 Å². The third kappa shape index (κ3) is 6.94. The molecule has 0 spiro atoms. The van der Waals surface area contributed by atoms with E-state index in [0.717, 1.165) is 27.0 Å². The molecule has 0 radical (unpaired) electrons. The second-order valence-electron chi connectivity index (χ2n) is 5.96. The van der Waals surface area contributed by atoms with Gasteiger partial charge in [-0.3, -0.25) is 9.79 Å². The molecular weight excluding hydrogens is 408 g/mol. The van der Waals surface area contributed by atoms with Crippen LogP contribution >= 0.6 is 15.9 Å². The average molecular weight is 433 g/mol. The Morgan fingerprint density at radius 1 is 1.15 bits per heavy atom. The first-order valence-corrected chi connectivity index (χ1v) is 9.44. The van der Waals surface area contributed by atoms with Crippen molar-refractivity contribution in [3.05, 3.63) is 58.1 Å². The molecule has 2 aromatic carbocycles. The van der Waals surface area contributed by atoms with Gasteiger partial charge in [0.2, 0.25) is 5.91 Å². The maximum absolute atomic E-state index is 12.1. The molecule has 2 aromatic rings. The Kier molecular flexibility index (Phi) is 8.13. The lowest BCUT2D eigenvalue weighted by atomic mass is 10.2. The van der Waals surface area contributed by atoms with E-state index in [4.69, 9.17) is 4.74 Å². The van der Waals surface area contributed by atoms with Crippen LogP contribution in [-0.2, 0) is 11.3 Å². The summed E-state index contributed by atoms with van der Waals surface area (Å²) in [6.45, 7) is 3.08. The van der Waals surface area contributed by atoms with Crippen molar-refractivity contribution >= 4 is 33.5 Å². The van der Waals surface area contributed by atoms with Crippen LogP contribution in [0.3, 0.4) is 0 Å². The van der Waals surface area contributed by atoms with Crippen LogP contribution in [0.15, 0.2) is 51.9 Å². The van der Waals surface area contributed by atoms with Gasteiger partial charge in [0.15, 0.2) is 5.96 Å². The summed E-state index contributed by atoms with van der Waals surface area (Å²) in [6.07, 6.45) is 0.342. The number of halogens is 1. The number of aliphatic imine (C=N–C) groups is 1. The first kappa shape index (κ1) is 20.8. The number of hydrogen-bond donors (Lipinski definition) is 3. The molecule has 0 fully saturated rings. The Bertz CT molecular complexity index is 791. The molecule has 2 rings (SSSR count). The molecule has 0 aliphatic rings. The summed E-state index contributed by atoms with van der Waals surface area (Å²) >= 11 is 3.42. The number of rotatable bonds is 7. The van der Waals surface area contributed by atoms with Crippen LogP contribution in [0.5, 0.6) is 5.75 Å². The van der Waals surface area contributed by atoms with Crippen molar-refractivity contribution in [1.29, 1.82) is 0 Å². The second-order valence-corrected chi connectivity index (χ2v) is 6.87. The minimum absolute atomic E-state index is 0.0469. The summed E-state index contributed by atoms with van der Waals surface area (Å²) in [4.78, 5) is 16.3. The van der Waals surface area contributed by atoms with E-state index in [1.54, 1.807) is 14.2 Å². The largest absolute Gasteiger partial charge is 0.497 e. The molecule has 0 aliphatic heterocycles. The zero-order chi connectivity index (χ0) is 19.6. The van der Waals surface area contributed by atoms with Crippen molar-refractivity contribution < 1.29 is 9.53 Å². The molecule has 7 heteroatoms. The lowest BCUT2D eigenvalue weighted by Gasteiger charge is -2.13. The van der Waals surface area contributed by atoms with E-state index in [9.17, 15) is 4.79 Å². The number of nitrogens with one attached hydrogen (secondary N) is 3. The fraction of sp³-hybridized carbons (Fsp3) is 0.300. The van der Waals surface area contributed by atoms with Gasteiger partial charge in [-0.05, 0) is 42.3 Å². The van der Waals surface area contributed by atoms with Gasteiger partial charge in [-0.15, -0.1) is 0 Å². The van der Waals surface area contributed by atoms with Gasteiger partial charge in [-0.25, -0.2) is 0 Å². The van der Waals surface area contributed by atoms with E-state index < -0.39 is 0 Å². The summed E-state index contributed by atoms with van der Waals surface area (Å²) in [7, 11) is 3.35. The highest BCUT2D eigenvalue weighted by Gasteiger charge is 2.06. The Morgan fingerprint density at radius 3 is 2.56 bits per heavy atom. The van der Waals surface area contributed by atoms with Gasteiger partial charge in [0.05, 0.1) is 7.11 Å². The van der Waals surface area contributed by atoms with E-state index in [0.29, 0.717) is 25.5 Å². The van der Waals surface area contributed by atoms with Crippen LogP contribution in [0.4, 0.5) is 5.69 Å². The van der Waals surface area contributed by atoms with Crippen LogP contribution in [0.25, 0.3) is 0 Å². The Balaban J connectivity index is 1.75. The molecule has 0 saturated carbocycles. The van der Waals surface area contributed by atoms with E-state index in [1.165, 1.54) is 0 Å². The number of ether oxygens (including phenoxy) is 1. The second kappa shape index (κ2) is 10.6. The third-order valence-corrected chi connectivity index (χ3v) is 4.45. The summed E-state index contributed by atoms with van der Waals surface area (Å²) in [5.41, 5.74) is 2.95. The summed E-state index contributed by atoms with van der Waals surface area (Å²) in [5, 5.41) is 9.30. The number of carbonyl (C=O) groups is 1. The quantitative estimate of drug-likeness (QED) is 0.462. The SMILES string of the molecule is CN=C(NCCC(=O)Nc1cc(Br)ccc1C)NCc1ccc(OC)cc1. The number of guanidine groups is 1. The molecule has 6 nitrogen and oxygen atoms in total. The molecule has 0 heterocycles. The molecule has 0 aromatic heterocycles. The number of carbonyl (C=O) groups excluding carboxylic acids is 1. The Labute approximate surface area is 168 Å². The van der Waals surface area contributed by atoms with E-state index in [1.807, 2.05) is 49.4 Å². The minimum atomic E-state index is -0.0469. The van der Waals surface area contributed by atoms with Crippen molar-refractivity contribution in [2.24, 2.45) is 4.99 Å². The minimum Gasteiger partial charge on any atom is -0.497 e. The summed E-state index contributed by atoms with van der Waals surface area (Å²) in [6, 6.07) is 13.6. The zero-order valence-electron chi connectivity index (χ0n) is 15.8. The predicted octanol–water partition coefficient (Wildman–Crippen LogP) is 3.46. The molecular formula is C20H25BrN4O2. The van der Waals surface area contributed by atoms with Gasteiger partial charge in [0.1, 0.15) is 5.75 Å². The van der Waals surface area contributed by atoms with Gasteiger partial charge in [0, 0.05) is 36.7 Å². The zero-order valence-corrected chi connectivity index (χ0v) is 17.4. The van der Waals surface area contributed by atoms with Gasteiger partial charge >= 0.3 is 0 Å². The first-order valence-electron chi connectivity index (χ1n) is 8.65. The van der Waals surface area contributed by atoms with E-state index >= 15 is 0 Å². The van der Waals surface area contributed by atoms with Crippen LogP contribution in [0.2, 0.25) is 0 Å². The number of amides is 1. The van der Waals surface area contributed by atoms with Gasteiger partial charge in [-0.1, -0.05) is 34.1 Å². The lowest BCUT2D eigenvalue weighted by molar-refractivity contribution is -0.116. The fourth-order valence-corrected chi connectivity index (χ4v) is 2.75. The smallest absolute Gasteiger partial charge is 0.226 e. The predicted molar refractivity (Wildman–Crippen MR) is 113 cm³/mol. The van der Waals surface area contributed by atoms with Crippen LogP contribution in [0, 0.1) is 6.92 Å². The first-order chi connectivity index (χ1) is 13.0. The van der Waals surface area contributed by atoms with Crippen LogP contribution in [0.1, 0.15) is 17.5 Å². The molecule has 0 atom stereocenters. The normalized spacial score (nSPS) is 11.0. The highest BCUT2D eigenvalue weighted by Crippen LogP contribution is 2.20. The standard InChI is InChI=1S/C20H25BrN4O2/c1-14-4-7-16(21)12-18(14)25-19(26)10-11-23-20(22-2)24-13-15-5-8-17(27-3)9-6-15/h4-9,12H,10-11,13H2,1-3H3,(H,25,26)(H2,22,23,24). The van der Waals surface area contributed by atoms with Crippen molar-refractivity contribution in [1.82, 2.24) is 10.6 Å². The fourth-order valence-electron chi connectivity index (χ4n) is 2.39. The highest BCUT2D eigenvalue weighted by molar-refractivity contribution is 9.10. The molecule has 144 valence electrons. The number of anilines is 1. The van der Waals surface area contributed by atoms with Gasteiger partial charge in [-0.2, -0.15) is 0 Å². The maximum Gasteiger partial charge on any atom is 0.226 e. The summed E-state index contributed by atoms with van der Waals surface area (Å²) in [5.74, 6) is 1.43. The maximum atomic E-state index is 12.1. The summed E-state index contributed by atoms with van der Waals surface area (Å²) < 4.78 is 6.09. The van der Waals surface area contributed by atoms with Crippen LogP contribution < -0.4 is 20.7 Å². The molecule has 1 amide bonds. The van der Waals surface area contributed by atoms with Crippen molar-refractivity contribution in [2.45, 2.75) is 19.9 Å². The van der Waals surface area contributed by atoms with E-state index in [2.05, 4.69) is 36.9 Å². The monoisotopic (exact) mass is 432 g/mol.